The van der Waals surface area contributed by atoms with Gasteiger partial charge in [-0.3, -0.25) is 0 Å². The van der Waals surface area contributed by atoms with Crippen LogP contribution in [0.25, 0.3) is 0 Å². The average molecular weight is 197 g/mol. The summed E-state index contributed by atoms with van der Waals surface area (Å²) in [6.45, 7) is 3.41. The van der Waals surface area contributed by atoms with E-state index in [0.29, 0.717) is 0 Å². The molecule has 0 heterocycles. The van der Waals surface area contributed by atoms with Gasteiger partial charge < -0.3 is 0 Å². The fourth-order valence-electron chi connectivity index (χ4n) is 0.924. The Labute approximate surface area is 77.9 Å². The third-order valence-electron chi connectivity index (χ3n) is 1.65. The molecule has 0 saturated heterocycles. The van der Waals surface area contributed by atoms with E-state index in [0.717, 1.165) is 5.56 Å². The third kappa shape index (κ3) is 3.01. The van der Waals surface area contributed by atoms with Gasteiger partial charge in [0.05, 0.1) is 4.91 Å². The largest absolute Gasteiger partial charge is 0.233 e. The molecule has 0 aliphatic heterocycles. The van der Waals surface area contributed by atoms with Crippen LogP contribution in [0.2, 0.25) is 0 Å². The van der Waals surface area contributed by atoms with Crippen molar-refractivity contribution in [3.63, 3.8) is 0 Å². The molecule has 1 rings (SSSR count). The second-order valence-electron chi connectivity index (χ2n) is 2.75. The number of allylic oxidation sites excluding steroid dienone is 1. The molecular weight excluding hydrogens is 186 g/mol. The fraction of sp³-hybridized carbons (Fsp3) is 0.111. The van der Waals surface area contributed by atoms with Crippen molar-refractivity contribution in [3.05, 3.63) is 47.4 Å². The van der Waals surface area contributed by atoms with E-state index in [1.54, 1.807) is 0 Å². The highest BCUT2D eigenvalue weighted by Gasteiger charge is 2.08. The first-order valence-electron chi connectivity index (χ1n) is 3.74. The molecular formula is C9H11NO2S. The number of hydrogen-bond donors (Lipinski definition) is 1. The van der Waals surface area contributed by atoms with Crippen LogP contribution in [0.5, 0.6) is 0 Å². The first-order chi connectivity index (χ1) is 6.00. The number of rotatable bonds is 3. The highest BCUT2D eigenvalue weighted by molar-refractivity contribution is 7.93. The SMILES string of the molecule is C=C(Cc1ccccc1)S(N)(=O)=O. The Morgan fingerprint density at radius 3 is 2.31 bits per heavy atom. The lowest BCUT2D eigenvalue weighted by Crippen LogP contribution is -2.15. The Morgan fingerprint density at radius 1 is 1.31 bits per heavy atom. The highest BCUT2D eigenvalue weighted by atomic mass is 32.2. The van der Waals surface area contributed by atoms with Crippen LogP contribution >= 0.6 is 0 Å². The first kappa shape index (κ1) is 9.95. The monoisotopic (exact) mass is 197 g/mol. The van der Waals surface area contributed by atoms with Gasteiger partial charge in [0.2, 0.25) is 10.0 Å². The van der Waals surface area contributed by atoms with E-state index in [2.05, 4.69) is 6.58 Å². The fourth-order valence-corrected chi connectivity index (χ4v) is 1.29. The van der Waals surface area contributed by atoms with Gasteiger partial charge >= 0.3 is 0 Å². The lowest BCUT2D eigenvalue weighted by atomic mass is 10.1. The molecule has 70 valence electrons. The van der Waals surface area contributed by atoms with Crippen molar-refractivity contribution in [1.29, 1.82) is 0 Å². The van der Waals surface area contributed by atoms with Crippen LogP contribution in [0.1, 0.15) is 5.56 Å². The number of benzene rings is 1. The van der Waals surface area contributed by atoms with Gasteiger partial charge in [-0.15, -0.1) is 0 Å². The van der Waals surface area contributed by atoms with Crippen LogP contribution < -0.4 is 5.14 Å². The summed E-state index contributed by atoms with van der Waals surface area (Å²) in [6, 6.07) is 9.20. The summed E-state index contributed by atoms with van der Waals surface area (Å²) in [6.07, 6.45) is 0.277. The Balaban J connectivity index is 2.78. The predicted molar refractivity (Wildman–Crippen MR) is 52.4 cm³/mol. The van der Waals surface area contributed by atoms with Crippen molar-refractivity contribution in [2.75, 3.05) is 0 Å². The Bertz CT molecular complexity index is 395. The van der Waals surface area contributed by atoms with Crippen LogP contribution in [0, 0.1) is 0 Å². The molecule has 0 aliphatic rings. The summed E-state index contributed by atoms with van der Waals surface area (Å²) >= 11 is 0. The predicted octanol–water partition coefficient (Wildman–Crippen LogP) is 1.03. The molecule has 3 nitrogen and oxygen atoms in total. The van der Waals surface area contributed by atoms with Gasteiger partial charge in [0.25, 0.3) is 0 Å². The van der Waals surface area contributed by atoms with Crippen LogP contribution in [0.4, 0.5) is 0 Å². The number of primary sulfonamides is 1. The lowest BCUT2D eigenvalue weighted by molar-refractivity contribution is 0.603. The minimum Gasteiger partial charge on any atom is -0.225 e. The maximum atomic E-state index is 10.8. The summed E-state index contributed by atoms with van der Waals surface area (Å²) in [4.78, 5) is 0.0405. The van der Waals surface area contributed by atoms with Crippen molar-refractivity contribution >= 4 is 10.0 Å². The van der Waals surface area contributed by atoms with E-state index in [1.165, 1.54) is 0 Å². The van der Waals surface area contributed by atoms with E-state index in [4.69, 9.17) is 5.14 Å². The topological polar surface area (TPSA) is 60.2 Å². The summed E-state index contributed by atoms with van der Waals surface area (Å²) < 4.78 is 21.6. The highest BCUT2D eigenvalue weighted by Crippen LogP contribution is 2.08. The lowest BCUT2D eigenvalue weighted by Gasteiger charge is -2.02. The zero-order valence-electron chi connectivity index (χ0n) is 7.10. The van der Waals surface area contributed by atoms with Crippen molar-refractivity contribution in [2.24, 2.45) is 5.14 Å². The third-order valence-corrected chi connectivity index (χ3v) is 2.60. The van der Waals surface area contributed by atoms with Crippen molar-refractivity contribution in [3.8, 4) is 0 Å². The average Bonchev–Trinajstić information content (AvgIpc) is 2.04. The summed E-state index contributed by atoms with van der Waals surface area (Å²) in [5, 5.41) is 4.90. The maximum Gasteiger partial charge on any atom is 0.233 e. The van der Waals surface area contributed by atoms with Gasteiger partial charge in [-0.2, -0.15) is 0 Å². The standard InChI is InChI=1S/C9H11NO2S/c1-8(13(10,11)12)7-9-5-3-2-4-6-9/h2-6H,1,7H2,(H2,10,11,12). The number of nitrogens with two attached hydrogens (primary N) is 1. The number of sulfonamides is 1. The van der Waals surface area contributed by atoms with Gasteiger partial charge in [-0.25, -0.2) is 13.6 Å². The molecule has 1 aromatic rings. The Kier molecular flexibility index (Phi) is 2.85. The summed E-state index contributed by atoms with van der Waals surface area (Å²) in [5.41, 5.74) is 0.890. The molecule has 0 aromatic heterocycles. The first-order valence-corrected chi connectivity index (χ1v) is 5.29. The molecule has 0 spiro atoms. The van der Waals surface area contributed by atoms with E-state index in [1.807, 2.05) is 30.3 Å². The van der Waals surface area contributed by atoms with Crippen molar-refractivity contribution in [2.45, 2.75) is 6.42 Å². The zero-order chi connectivity index (χ0) is 9.90. The Morgan fingerprint density at radius 2 is 1.85 bits per heavy atom. The quantitative estimate of drug-likeness (QED) is 0.786. The molecule has 0 fully saturated rings. The van der Waals surface area contributed by atoms with E-state index >= 15 is 0 Å². The molecule has 0 atom stereocenters. The van der Waals surface area contributed by atoms with Gasteiger partial charge in [-0.05, 0) is 5.56 Å². The Hall–Kier alpha value is -1.13. The van der Waals surface area contributed by atoms with Gasteiger partial charge in [-0.1, -0.05) is 36.9 Å². The van der Waals surface area contributed by atoms with Crippen LogP contribution in [0.3, 0.4) is 0 Å². The molecule has 0 aliphatic carbocycles. The van der Waals surface area contributed by atoms with Crippen LogP contribution in [-0.2, 0) is 16.4 Å². The number of hydrogen-bond acceptors (Lipinski definition) is 2. The van der Waals surface area contributed by atoms with Crippen molar-refractivity contribution in [1.82, 2.24) is 0 Å². The molecule has 0 saturated carbocycles. The van der Waals surface area contributed by atoms with Gasteiger partial charge in [0.15, 0.2) is 0 Å². The smallest absolute Gasteiger partial charge is 0.225 e. The summed E-state index contributed by atoms with van der Waals surface area (Å²) in [5.74, 6) is 0. The van der Waals surface area contributed by atoms with Crippen molar-refractivity contribution < 1.29 is 8.42 Å². The van der Waals surface area contributed by atoms with Crippen LogP contribution in [0.15, 0.2) is 41.8 Å². The zero-order valence-corrected chi connectivity index (χ0v) is 7.92. The second-order valence-corrected chi connectivity index (χ2v) is 4.41. The van der Waals surface area contributed by atoms with Crippen LogP contribution in [-0.4, -0.2) is 8.42 Å². The van der Waals surface area contributed by atoms with Gasteiger partial charge in [0.1, 0.15) is 0 Å². The van der Waals surface area contributed by atoms with E-state index in [-0.39, 0.29) is 11.3 Å². The minimum absolute atomic E-state index is 0.0405. The molecule has 0 unspecified atom stereocenters. The molecule has 0 bridgehead atoms. The van der Waals surface area contributed by atoms with Gasteiger partial charge in [0, 0.05) is 6.42 Å². The molecule has 1 aromatic carbocycles. The summed E-state index contributed by atoms with van der Waals surface area (Å²) in [7, 11) is -3.60. The second kappa shape index (κ2) is 3.72. The van der Waals surface area contributed by atoms with E-state index < -0.39 is 10.0 Å². The molecule has 0 amide bonds. The molecule has 2 N–H and O–H groups in total. The molecule has 4 heteroatoms. The molecule has 0 radical (unpaired) electrons. The maximum absolute atomic E-state index is 10.8. The van der Waals surface area contributed by atoms with E-state index in [9.17, 15) is 8.42 Å². The normalized spacial score (nSPS) is 11.2. The molecule has 13 heavy (non-hydrogen) atoms. The minimum atomic E-state index is -3.60.